The molecule has 6 unspecified atom stereocenters. The van der Waals surface area contributed by atoms with Crippen LogP contribution in [0.15, 0.2) is 0 Å². The molecule has 4 N–H and O–H groups in total. The van der Waals surface area contributed by atoms with Crippen molar-refractivity contribution in [1.29, 1.82) is 0 Å². The van der Waals surface area contributed by atoms with Crippen LogP contribution < -0.4 is 0 Å². The minimum Gasteiger partial charge on any atom is -0.435 e. The van der Waals surface area contributed by atoms with Gasteiger partial charge in [-0.05, 0) is 0 Å². The van der Waals surface area contributed by atoms with E-state index in [0.717, 1.165) is 0 Å². The second-order valence-electron chi connectivity index (χ2n) is 4.25. The Hall–Kier alpha value is -0.890. The number of ether oxygens (including phenoxy) is 1. The van der Waals surface area contributed by atoms with Crippen LogP contribution in [0.2, 0.25) is 0 Å². The van der Waals surface area contributed by atoms with Crippen LogP contribution in [0.1, 0.15) is 0 Å². The summed E-state index contributed by atoms with van der Waals surface area (Å²) in [6.45, 7) is -0.568. The fraction of sp³-hybridized carbons (Fsp3) is 0.875. The second-order valence-corrected chi connectivity index (χ2v) is 4.25. The van der Waals surface area contributed by atoms with E-state index in [-0.39, 0.29) is 0 Å². The molecule has 1 saturated carbocycles. The molecule has 1 amide bonds. The Bertz CT molecular complexity index is 335. The summed E-state index contributed by atoms with van der Waals surface area (Å²) >= 11 is 0. The summed E-state index contributed by atoms with van der Waals surface area (Å²) in [6.07, 6.45) is -4.71. The van der Waals surface area contributed by atoms with Crippen LogP contribution in [0.5, 0.6) is 0 Å². The maximum Gasteiger partial charge on any atom is 0.411 e. The van der Waals surface area contributed by atoms with E-state index >= 15 is 0 Å². The highest BCUT2D eigenvalue weighted by Crippen LogP contribution is 2.53. The summed E-state index contributed by atoms with van der Waals surface area (Å²) < 4.78 is 4.88. The Kier molecular flexibility index (Phi) is 1.52. The number of hydrogen-bond acceptors (Lipinski definition) is 6. The van der Waals surface area contributed by atoms with E-state index in [0.29, 0.717) is 0 Å². The number of carbonyl (C=O) groups is 1. The van der Waals surface area contributed by atoms with E-state index in [2.05, 4.69) is 0 Å². The average molecular weight is 217 g/mol. The van der Waals surface area contributed by atoms with Gasteiger partial charge in [0.2, 0.25) is 0 Å². The van der Waals surface area contributed by atoms with Crippen molar-refractivity contribution in [2.24, 2.45) is 0 Å². The number of aliphatic hydroxyl groups is 4. The Morgan fingerprint density at radius 1 is 1.33 bits per heavy atom. The van der Waals surface area contributed by atoms with Gasteiger partial charge in [0.15, 0.2) is 5.60 Å². The minimum atomic E-state index is -1.47. The third-order valence-corrected chi connectivity index (χ3v) is 3.61. The SMILES string of the molecule is O=C1OC2(CO)C(O)C(O)C(O)C3C2N13. The van der Waals surface area contributed by atoms with Gasteiger partial charge in [0.25, 0.3) is 0 Å². The van der Waals surface area contributed by atoms with E-state index in [9.17, 15) is 25.2 Å². The fourth-order valence-corrected chi connectivity index (χ4v) is 2.77. The first-order valence-electron chi connectivity index (χ1n) is 4.71. The molecule has 3 aliphatic rings. The van der Waals surface area contributed by atoms with Crippen molar-refractivity contribution < 1.29 is 30.0 Å². The minimum absolute atomic E-state index is 0.525. The van der Waals surface area contributed by atoms with Crippen LogP contribution in [-0.4, -0.2) is 74.0 Å². The van der Waals surface area contributed by atoms with Gasteiger partial charge in [0, 0.05) is 0 Å². The molecular weight excluding hydrogens is 206 g/mol. The maximum atomic E-state index is 11.3. The maximum absolute atomic E-state index is 11.3. The quantitative estimate of drug-likeness (QED) is 0.349. The molecule has 2 aliphatic heterocycles. The van der Waals surface area contributed by atoms with Crippen molar-refractivity contribution in [2.75, 3.05) is 6.61 Å². The molecule has 1 aliphatic carbocycles. The Morgan fingerprint density at radius 3 is 2.60 bits per heavy atom. The number of hydrogen-bond donors (Lipinski definition) is 4. The lowest BCUT2D eigenvalue weighted by Crippen LogP contribution is -2.65. The number of aliphatic hydroxyl groups excluding tert-OH is 4. The summed E-state index contributed by atoms with van der Waals surface area (Å²) in [4.78, 5) is 12.5. The summed E-state index contributed by atoms with van der Waals surface area (Å²) in [5.74, 6) is 0. The van der Waals surface area contributed by atoms with Crippen LogP contribution in [0, 0.1) is 0 Å². The molecule has 3 rings (SSSR count). The Morgan fingerprint density at radius 2 is 2.00 bits per heavy atom. The smallest absolute Gasteiger partial charge is 0.411 e. The van der Waals surface area contributed by atoms with E-state index in [4.69, 9.17) is 4.74 Å². The first-order valence-corrected chi connectivity index (χ1v) is 4.71. The first kappa shape index (κ1) is 9.34. The monoisotopic (exact) mass is 217 g/mol. The molecule has 2 saturated heterocycles. The molecule has 7 nitrogen and oxygen atoms in total. The van der Waals surface area contributed by atoms with Crippen molar-refractivity contribution >= 4 is 6.09 Å². The number of carbonyl (C=O) groups excluding carboxylic acids is 1. The molecule has 84 valence electrons. The van der Waals surface area contributed by atoms with Gasteiger partial charge in [-0.25, -0.2) is 4.79 Å². The molecule has 0 bridgehead atoms. The number of fused-ring (bicyclic) bond motifs is 1. The van der Waals surface area contributed by atoms with E-state index in [1.54, 1.807) is 0 Å². The van der Waals surface area contributed by atoms with Crippen molar-refractivity contribution in [1.82, 2.24) is 4.90 Å². The predicted molar refractivity (Wildman–Crippen MR) is 43.7 cm³/mol. The van der Waals surface area contributed by atoms with Crippen molar-refractivity contribution in [2.45, 2.75) is 36.0 Å². The summed E-state index contributed by atoms with van der Waals surface area (Å²) in [6, 6.07) is -1.07. The molecule has 0 aromatic rings. The van der Waals surface area contributed by atoms with Gasteiger partial charge in [-0.2, -0.15) is 0 Å². The number of nitrogens with zero attached hydrogens (tertiary/aromatic N) is 1. The van der Waals surface area contributed by atoms with Crippen LogP contribution >= 0.6 is 0 Å². The van der Waals surface area contributed by atoms with Gasteiger partial charge < -0.3 is 25.2 Å². The molecule has 3 fully saturated rings. The predicted octanol–water partition coefficient (Wildman–Crippen LogP) is -2.98. The van der Waals surface area contributed by atoms with Gasteiger partial charge in [-0.15, -0.1) is 0 Å². The molecule has 0 radical (unpaired) electrons. The van der Waals surface area contributed by atoms with Crippen LogP contribution in [-0.2, 0) is 4.74 Å². The average Bonchev–Trinajstić information content (AvgIpc) is 2.90. The third kappa shape index (κ3) is 0.795. The lowest BCUT2D eigenvalue weighted by Gasteiger charge is -2.40. The van der Waals surface area contributed by atoms with Crippen LogP contribution in [0.3, 0.4) is 0 Å². The Labute approximate surface area is 84.5 Å². The summed E-state index contributed by atoms with van der Waals surface area (Å²) in [5.41, 5.74) is -1.47. The van der Waals surface area contributed by atoms with Crippen molar-refractivity contribution in [3.05, 3.63) is 0 Å². The zero-order valence-corrected chi connectivity index (χ0v) is 7.65. The van der Waals surface area contributed by atoms with Gasteiger partial charge in [0.1, 0.15) is 24.4 Å². The van der Waals surface area contributed by atoms with E-state index < -0.39 is 48.7 Å². The Balaban J connectivity index is 2.03. The van der Waals surface area contributed by atoms with E-state index in [1.807, 2.05) is 0 Å². The first-order chi connectivity index (χ1) is 7.04. The third-order valence-electron chi connectivity index (χ3n) is 3.61. The van der Waals surface area contributed by atoms with Crippen molar-refractivity contribution in [3.8, 4) is 0 Å². The molecule has 15 heavy (non-hydrogen) atoms. The van der Waals surface area contributed by atoms with Crippen LogP contribution in [0.25, 0.3) is 0 Å². The lowest BCUT2D eigenvalue weighted by atomic mass is 9.79. The molecule has 2 heterocycles. The molecule has 7 heteroatoms. The number of amides is 1. The summed E-state index contributed by atoms with van der Waals surface area (Å²) in [5, 5.41) is 38.0. The fourth-order valence-electron chi connectivity index (χ4n) is 2.77. The largest absolute Gasteiger partial charge is 0.435 e. The van der Waals surface area contributed by atoms with Gasteiger partial charge in [-0.1, -0.05) is 0 Å². The molecule has 0 aromatic carbocycles. The highest BCUT2D eigenvalue weighted by atomic mass is 16.6. The van der Waals surface area contributed by atoms with Gasteiger partial charge in [0.05, 0.1) is 12.6 Å². The molecule has 0 spiro atoms. The lowest BCUT2D eigenvalue weighted by molar-refractivity contribution is -0.181. The number of rotatable bonds is 1. The normalized spacial score (nSPS) is 56.4. The molecular formula is C8H11NO6. The second kappa shape index (κ2) is 2.43. The van der Waals surface area contributed by atoms with Gasteiger partial charge >= 0.3 is 6.09 Å². The zero-order valence-electron chi connectivity index (χ0n) is 7.65. The topological polar surface area (TPSA) is 110 Å². The molecule has 6 atom stereocenters. The standard InChI is InChI=1S/C8H11NO6/c10-1-8-5-2(9(5)7(14)15-8)3(11)4(12)6(8)13/h2-6,10-13H,1H2. The van der Waals surface area contributed by atoms with Crippen LogP contribution in [0.4, 0.5) is 4.79 Å². The van der Waals surface area contributed by atoms with Gasteiger partial charge in [-0.3, -0.25) is 4.90 Å². The summed E-state index contributed by atoms with van der Waals surface area (Å²) in [7, 11) is 0. The molecule has 0 aromatic heterocycles. The zero-order chi connectivity index (χ0) is 11.0. The highest BCUT2D eigenvalue weighted by Gasteiger charge is 2.79. The highest BCUT2D eigenvalue weighted by molar-refractivity contribution is 5.78. The van der Waals surface area contributed by atoms with Crippen molar-refractivity contribution in [3.63, 3.8) is 0 Å². The van der Waals surface area contributed by atoms with E-state index in [1.165, 1.54) is 4.90 Å².